The minimum atomic E-state index is -0.915. The molecule has 3 rings (SSSR count). The summed E-state index contributed by atoms with van der Waals surface area (Å²) >= 11 is 0. The van der Waals surface area contributed by atoms with Crippen molar-refractivity contribution in [2.24, 2.45) is 5.92 Å². The Balaban J connectivity index is 1.75. The Morgan fingerprint density at radius 2 is 1.96 bits per heavy atom. The highest BCUT2D eigenvalue weighted by Crippen LogP contribution is 2.30. The minimum absolute atomic E-state index is 0.130. The molecule has 1 atom stereocenters. The van der Waals surface area contributed by atoms with Crippen LogP contribution in [0, 0.1) is 11.7 Å². The summed E-state index contributed by atoms with van der Waals surface area (Å²) in [6.07, 6.45) is 1.16. The predicted octanol–water partition coefficient (Wildman–Crippen LogP) is 3.95. The third-order valence-electron chi connectivity index (χ3n) is 4.21. The largest absolute Gasteiger partial charge is 0.481 e. The van der Waals surface area contributed by atoms with Gasteiger partial charge in [-0.1, -0.05) is 18.2 Å². The number of rotatable bonds is 4. The van der Waals surface area contributed by atoms with Gasteiger partial charge in [-0.3, -0.25) is 4.79 Å². The Kier molecular flexibility index (Phi) is 5.36. The number of benzene rings is 2. The summed E-state index contributed by atoms with van der Waals surface area (Å²) in [5, 5.41) is 11.8. The molecule has 0 aromatic heterocycles. The van der Waals surface area contributed by atoms with Gasteiger partial charge in [0.05, 0.1) is 11.6 Å². The van der Waals surface area contributed by atoms with Crippen LogP contribution in [0.1, 0.15) is 12.8 Å². The number of likely N-dealkylation sites (tertiary alicyclic amines) is 1. The molecule has 0 aliphatic carbocycles. The Labute approximate surface area is 150 Å². The molecule has 1 saturated heterocycles. The Bertz CT molecular complexity index is 797. The number of halogens is 1. The first-order chi connectivity index (χ1) is 12.5. The van der Waals surface area contributed by atoms with E-state index in [-0.39, 0.29) is 12.2 Å². The molecule has 2 aromatic carbocycles. The number of carbonyl (C=O) groups excluding carboxylic acids is 1. The van der Waals surface area contributed by atoms with Crippen LogP contribution in [0.5, 0.6) is 11.5 Å². The number of nitrogens with zero attached hydrogens (tertiary/aromatic N) is 1. The highest BCUT2D eigenvalue weighted by atomic mass is 19.1. The topological polar surface area (TPSA) is 78.9 Å². The normalized spacial score (nSPS) is 16.8. The van der Waals surface area contributed by atoms with Gasteiger partial charge in [0.25, 0.3) is 0 Å². The average Bonchev–Trinajstić information content (AvgIpc) is 2.65. The zero-order valence-electron chi connectivity index (χ0n) is 14.0. The first kappa shape index (κ1) is 17.7. The van der Waals surface area contributed by atoms with Gasteiger partial charge >= 0.3 is 12.0 Å². The van der Waals surface area contributed by atoms with Crippen LogP contribution < -0.4 is 10.1 Å². The number of para-hydroxylation sites is 1. The monoisotopic (exact) mass is 358 g/mol. The SMILES string of the molecule is O=C(O)C1CCCN(C(=O)Nc2cc(F)ccc2Oc2ccccc2)C1. The molecule has 136 valence electrons. The number of amides is 2. The van der Waals surface area contributed by atoms with E-state index in [9.17, 15) is 14.0 Å². The van der Waals surface area contributed by atoms with E-state index in [2.05, 4.69) is 5.32 Å². The molecule has 7 heteroatoms. The van der Waals surface area contributed by atoms with Crippen LogP contribution in [0.2, 0.25) is 0 Å². The number of nitrogens with one attached hydrogen (secondary N) is 1. The maximum atomic E-state index is 13.6. The molecule has 1 fully saturated rings. The molecule has 2 aromatic rings. The highest BCUT2D eigenvalue weighted by Gasteiger charge is 2.28. The van der Waals surface area contributed by atoms with Crippen LogP contribution in [-0.4, -0.2) is 35.1 Å². The lowest BCUT2D eigenvalue weighted by molar-refractivity contribution is -0.143. The van der Waals surface area contributed by atoms with Crippen molar-refractivity contribution in [2.45, 2.75) is 12.8 Å². The van der Waals surface area contributed by atoms with Crippen LogP contribution in [-0.2, 0) is 4.79 Å². The molecular weight excluding hydrogens is 339 g/mol. The number of carboxylic acid groups (broad SMARTS) is 1. The maximum Gasteiger partial charge on any atom is 0.321 e. The number of carbonyl (C=O) groups is 2. The number of carboxylic acids is 1. The van der Waals surface area contributed by atoms with Crippen molar-refractivity contribution in [3.05, 3.63) is 54.3 Å². The van der Waals surface area contributed by atoms with Crippen molar-refractivity contribution in [2.75, 3.05) is 18.4 Å². The van der Waals surface area contributed by atoms with E-state index in [1.165, 1.54) is 23.1 Å². The second kappa shape index (κ2) is 7.86. The van der Waals surface area contributed by atoms with Crippen LogP contribution in [0.4, 0.5) is 14.9 Å². The molecule has 1 aliphatic heterocycles. The van der Waals surface area contributed by atoms with E-state index in [1.54, 1.807) is 24.3 Å². The number of urea groups is 1. The molecular formula is C19H19FN2O4. The third kappa shape index (κ3) is 4.30. The number of aliphatic carboxylic acids is 1. The lowest BCUT2D eigenvalue weighted by atomic mass is 9.99. The first-order valence-electron chi connectivity index (χ1n) is 8.34. The first-order valence-corrected chi connectivity index (χ1v) is 8.34. The molecule has 0 saturated carbocycles. The molecule has 0 bridgehead atoms. The van der Waals surface area contributed by atoms with E-state index in [0.717, 1.165) is 0 Å². The van der Waals surface area contributed by atoms with Crippen molar-refractivity contribution < 1.29 is 23.8 Å². The van der Waals surface area contributed by atoms with E-state index >= 15 is 0 Å². The second-order valence-corrected chi connectivity index (χ2v) is 6.11. The van der Waals surface area contributed by atoms with Gasteiger partial charge in [-0.05, 0) is 37.1 Å². The Hall–Kier alpha value is -3.09. The lowest BCUT2D eigenvalue weighted by Gasteiger charge is -2.30. The Morgan fingerprint density at radius 1 is 1.19 bits per heavy atom. The molecule has 26 heavy (non-hydrogen) atoms. The van der Waals surface area contributed by atoms with E-state index in [4.69, 9.17) is 9.84 Å². The van der Waals surface area contributed by atoms with E-state index in [0.29, 0.717) is 30.9 Å². The molecule has 1 unspecified atom stereocenters. The lowest BCUT2D eigenvalue weighted by Crippen LogP contribution is -2.44. The fourth-order valence-electron chi connectivity index (χ4n) is 2.86. The fourth-order valence-corrected chi connectivity index (χ4v) is 2.86. The Morgan fingerprint density at radius 3 is 2.69 bits per heavy atom. The van der Waals surface area contributed by atoms with Gasteiger partial charge in [0, 0.05) is 19.2 Å². The summed E-state index contributed by atoms with van der Waals surface area (Å²) in [4.78, 5) is 25.1. The van der Waals surface area contributed by atoms with Crippen molar-refractivity contribution in [1.29, 1.82) is 0 Å². The van der Waals surface area contributed by atoms with Crippen molar-refractivity contribution >= 4 is 17.7 Å². The zero-order valence-corrected chi connectivity index (χ0v) is 14.0. The summed E-state index contributed by atoms with van der Waals surface area (Å²) < 4.78 is 19.4. The van der Waals surface area contributed by atoms with Gasteiger partial charge < -0.3 is 20.1 Å². The molecule has 2 N–H and O–H groups in total. The summed E-state index contributed by atoms with van der Waals surface area (Å²) in [5.41, 5.74) is 0.191. The van der Waals surface area contributed by atoms with Crippen LogP contribution in [0.15, 0.2) is 48.5 Å². The molecule has 0 radical (unpaired) electrons. The van der Waals surface area contributed by atoms with Crippen molar-refractivity contribution in [3.63, 3.8) is 0 Å². The number of hydrogen-bond donors (Lipinski definition) is 2. The average molecular weight is 358 g/mol. The predicted molar refractivity (Wildman–Crippen MR) is 93.9 cm³/mol. The molecule has 0 spiro atoms. The van der Waals surface area contributed by atoms with Gasteiger partial charge in [0.15, 0.2) is 5.75 Å². The smallest absolute Gasteiger partial charge is 0.321 e. The number of ether oxygens (including phenoxy) is 1. The van der Waals surface area contributed by atoms with Crippen molar-refractivity contribution in [1.82, 2.24) is 4.90 Å². The number of anilines is 1. The molecule has 1 heterocycles. The molecule has 1 aliphatic rings. The summed E-state index contributed by atoms with van der Waals surface area (Å²) in [6, 6.07) is 12.3. The minimum Gasteiger partial charge on any atom is -0.481 e. The third-order valence-corrected chi connectivity index (χ3v) is 4.21. The molecule has 2 amide bonds. The standard InChI is InChI=1S/C19H19FN2O4/c20-14-8-9-17(26-15-6-2-1-3-7-15)16(11-14)21-19(25)22-10-4-5-13(12-22)18(23)24/h1-3,6-9,11,13H,4-5,10,12H2,(H,21,25)(H,23,24). The summed E-state index contributed by atoms with van der Waals surface area (Å²) in [5.74, 6) is -1.15. The maximum absolute atomic E-state index is 13.6. The summed E-state index contributed by atoms with van der Waals surface area (Å²) in [6.45, 7) is 0.588. The molecule has 6 nitrogen and oxygen atoms in total. The summed E-state index contributed by atoms with van der Waals surface area (Å²) in [7, 11) is 0. The highest BCUT2D eigenvalue weighted by molar-refractivity contribution is 5.91. The zero-order chi connectivity index (χ0) is 18.5. The van der Waals surface area contributed by atoms with Gasteiger partial charge in [-0.25, -0.2) is 9.18 Å². The number of hydrogen-bond acceptors (Lipinski definition) is 3. The van der Waals surface area contributed by atoms with Gasteiger partial charge in [-0.15, -0.1) is 0 Å². The van der Waals surface area contributed by atoms with Gasteiger partial charge in [-0.2, -0.15) is 0 Å². The van der Waals surface area contributed by atoms with Crippen LogP contribution in [0.25, 0.3) is 0 Å². The van der Waals surface area contributed by atoms with Crippen LogP contribution >= 0.6 is 0 Å². The van der Waals surface area contributed by atoms with Crippen LogP contribution in [0.3, 0.4) is 0 Å². The van der Waals surface area contributed by atoms with Gasteiger partial charge in [0.1, 0.15) is 11.6 Å². The van der Waals surface area contributed by atoms with E-state index in [1.807, 2.05) is 6.07 Å². The van der Waals surface area contributed by atoms with E-state index < -0.39 is 23.7 Å². The van der Waals surface area contributed by atoms with Gasteiger partial charge in [0.2, 0.25) is 0 Å². The second-order valence-electron chi connectivity index (χ2n) is 6.11. The fraction of sp³-hybridized carbons (Fsp3) is 0.263. The number of piperidine rings is 1. The quantitative estimate of drug-likeness (QED) is 0.867. The van der Waals surface area contributed by atoms with Crippen molar-refractivity contribution in [3.8, 4) is 11.5 Å².